The predicted octanol–water partition coefficient (Wildman–Crippen LogP) is 3.50. The molecule has 3 rings (SSSR count). The number of halogens is 1. The first-order valence-corrected chi connectivity index (χ1v) is 8.53. The van der Waals surface area contributed by atoms with Crippen molar-refractivity contribution < 1.29 is 9.53 Å². The molecule has 0 saturated heterocycles. The molecule has 2 aromatic carbocycles. The van der Waals surface area contributed by atoms with E-state index in [1.165, 1.54) is 0 Å². The van der Waals surface area contributed by atoms with Crippen molar-refractivity contribution in [1.82, 2.24) is 14.9 Å². The Morgan fingerprint density at radius 3 is 2.72 bits per heavy atom. The average Bonchev–Trinajstić information content (AvgIpc) is 2.95. The first-order chi connectivity index (χ1) is 12.2. The van der Waals surface area contributed by atoms with Gasteiger partial charge in [-0.05, 0) is 47.9 Å². The van der Waals surface area contributed by atoms with Gasteiger partial charge in [0.05, 0.1) is 17.6 Å². The molecule has 0 aliphatic carbocycles. The normalized spacial score (nSPS) is 11.0. The standard InChI is InChI=1S/C19H20ClN3O2/c1-25-12-4-11-21-18(24)15-9-7-14(8-10-15)13-23-17-6-3-2-5-16(17)22-19(23)20/h2-3,5-10H,4,11-13H2,1H3,(H,21,24). The van der Waals surface area contributed by atoms with Crippen LogP contribution in [0.25, 0.3) is 11.0 Å². The molecular weight excluding hydrogens is 338 g/mol. The van der Waals surface area contributed by atoms with E-state index in [9.17, 15) is 4.79 Å². The van der Waals surface area contributed by atoms with Crippen molar-refractivity contribution >= 4 is 28.5 Å². The number of nitrogens with zero attached hydrogens (tertiary/aromatic N) is 2. The monoisotopic (exact) mass is 357 g/mol. The number of fused-ring (bicyclic) bond motifs is 1. The summed E-state index contributed by atoms with van der Waals surface area (Å²) in [4.78, 5) is 16.4. The Labute approximate surface area is 151 Å². The number of carbonyl (C=O) groups is 1. The number of methoxy groups -OCH3 is 1. The van der Waals surface area contributed by atoms with Crippen LogP contribution in [0.3, 0.4) is 0 Å². The maximum Gasteiger partial charge on any atom is 0.251 e. The van der Waals surface area contributed by atoms with Gasteiger partial charge in [0.25, 0.3) is 5.91 Å². The third-order valence-corrected chi connectivity index (χ3v) is 4.26. The molecule has 25 heavy (non-hydrogen) atoms. The van der Waals surface area contributed by atoms with Gasteiger partial charge in [-0.15, -0.1) is 0 Å². The molecular formula is C19H20ClN3O2. The van der Waals surface area contributed by atoms with Crippen LogP contribution in [0.1, 0.15) is 22.3 Å². The minimum absolute atomic E-state index is 0.0752. The molecule has 0 saturated carbocycles. The zero-order valence-corrected chi connectivity index (χ0v) is 14.8. The molecule has 0 spiro atoms. The van der Waals surface area contributed by atoms with Crippen LogP contribution < -0.4 is 5.32 Å². The van der Waals surface area contributed by atoms with Gasteiger partial charge in [0.1, 0.15) is 0 Å². The van der Waals surface area contributed by atoms with E-state index in [0.717, 1.165) is 23.0 Å². The molecule has 0 unspecified atom stereocenters. The summed E-state index contributed by atoms with van der Waals surface area (Å²) in [5.41, 5.74) is 3.57. The van der Waals surface area contributed by atoms with E-state index in [0.29, 0.717) is 30.5 Å². The molecule has 3 aromatic rings. The quantitative estimate of drug-likeness (QED) is 0.658. The Morgan fingerprint density at radius 1 is 1.20 bits per heavy atom. The molecule has 0 fully saturated rings. The van der Waals surface area contributed by atoms with Crippen LogP contribution in [0.5, 0.6) is 0 Å². The topological polar surface area (TPSA) is 56.1 Å². The molecule has 1 aromatic heterocycles. The van der Waals surface area contributed by atoms with Gasteiger partial charge in [-0.25, -0.2) is 4.98 Å². The van der Waals surface area contributed by atoms with Crippen LogP contribution in [0.2, 0.25) is 5.28 Å². The summed E-state index contributed by atoms with van der Waals surface area (Å²) >= 11 is 6.26. The highest BCUT2D eigenvalue weighted by molar-refractivity contribution is 6.29. The van der Waals surface area contributed by atoms with Gasteiger partial charge < -0.3 is 14.6 Å². The zero-order chi connectivity index (χ0) is 17.6. The number of carbonyl (C=O) groups excluding carboxylic acids is 1. The Kier molecular flexibility index (Phi) is 5.68. The van der Waals surface area contributed by atoms with E-state index >= 15 is 0 Å². The van der Waals surface area contributed by atoms with Gasteiger partial charge >= 0.3 is 0 Å². The molecule has 1 heterocycles. The summed E-state index contributed by atoms with van der Waals surface area (Å²) in [6.45, 7) is 1.85. The number of imidazole rings is 1. The van der Waals surface area contributed by atoms with E-state index in [1.54, 1.807) is 7.11 Å². The highest BCUT2D eigenvalue weighted by atomic mass is 35.5. The Hall–Kier alpha value is -2.37. The summed E-state index contributed by atoms with van der Waals surface area (Å²) in [5.74, 6) is -0.0752. The highest BCUT2D eigenvalue weighted by Gasteiger charge is 2.09. The number of hydrogen-bond acceptors (Lipinski definition) is 3. The number of ether oxygens (including phenoxy) is 1. The van der Waals surface area contributed by atoms with E-state index in [4.69, 9.17) is 16.3 Å². The Bertz CT molecular complexity index is 859. The molecule has 5 nitrogen and oxygen atoms in total. The molecule has 0 atom stereocenters. The van der Waals surface area contributed by atoms with Gasteiger partial charge in [0.2, 0.25) is 5.28 Å². The lowest BCUT2D eigenvalue weighted by atomic mass is 10.1. The second-order valence-electron chi connectivity index (χ2n) is 5.75. The maximum absolute atomic E-state index is 12.1. The molecule has 6 heteroatoms. The fraction of sp³-hybridized carbons (Fsp3) is 0.263. The molecule has 0 aliphatic rings. The van der Waals surface area contributed by atoms with Crippen molar-refractivity contribution in [1.29, 1.82) is 0 Å². The van der Waals surface area contributed by atoms with Crippen molar-refractivity contribution in [2.45, 2.75) is 13.0 Å². The predicted molar refractivity (Wildman–Crippen MR) is 99.1 cm³/mol. The lowest BCUT2D eigenvalue weighted by Gasteiger charge is -2.08. The van der Waals surface area contributed by atoms with Crippen molar-refractivity contribution in [3.05, 3.63) is 64.9 Å². The molecule has 1 N–H and O–H groups in total. The molecule has 0 radical (unpaired) electrons. The first-order valence-electron chi connectivity index (χ1n) is 8.16. The smallest absolute Gasteiger partial charge is 0.251 e. The van der Waals surface area contributed by atoms with Crippen LogP contribution in [-0.2, 0) is 11.3 Å². The average molecular weight is 358 g/mol. The van der Waals surface area contributed by atoms with E-state index < -0.39 is 0 Å². The number of hydrogen-bond donors (Lipinski definition) is 1. The van der Waals surface area contributed by atoms with Gasteiger partial charge in [-0.1, -0.05) is 24.3 Å². The number of amides is 1. The van der Waals surface area contributed by atoms with E-state index in [2.05, 4.69) is 10.3 Å². The van der Waals surface area contributed by atoms with Crippen LogP contribution in [-0.4, -0.2) is 35.7 Å². The number of para-hydroxylation sites is 2. The largest absolute Gasteiger partial charge is 0.385 e. The third-order valence-electron chi connectivity index (χ3n) is 3.98. The van der Waals surface area contributed by atoms with Crippen molar-refractivity contribution in [2.24, 2.45) is 0 Å². The van der Waals surface area contributed by atoms with Crippen LogP contribution >= 0.6 is 11.6 Å². The van der Waals surface area contributed by atoms with E-state index in [1.807, 2.05) is 53.1 Å². The molecule has 0 bridgehead atoms. The minimum Gasteiger partial charge on any atom is -0.385 e. The van der Waals surface area contributed by atoms with Crippen molar-refractivity contribution in [3.8, 4) is 0 Å². The number of nitrogens with one attached hydrogen (secondary N) is 1. The van der Waals surface area contributed by atoms with Gasteiger partial charge in [-0.2, -0.15) is 0 Å². The molecule has 1 amide bonds. The van der Waals surface area contributed by atoms with Gasteiger partial charge in [0, 0.05) is 25.8 Å². The first kappa shape index (κ1) is 17.5. The zero-order valence-electron chi connectivity index (χ0n) is 14.0. The summed E-state index contributed by atoms with van der Waals surface area (Å²) in [5, 5.41) is 3.34. The lowest BCUT2D eigenvalue weighted by Crippen LogP contribution is -2.25. The summed E-state index contributed by atoms with van der Waals surface area (Å²) < 4.78 is 6.92. The summed E-state index contributed by atoms with van der Waals surface area (Å²) in [6.07, 6.45) is 0.798. The second-order valence-corrected chi connectivity index (χ2v) is 6.09. The van der Waals surface area contributed by atoms with Crippen molar-refractivity contribution in [3.63, 3.8) is 0 Å². The number of rotatable bonds is 7. The Balaban J connectivity index is 1.68. The Morgan fingerprint density at radius 2 is 1.96 bits per heavy atom. The second kappa shape index (κ2) is 8.14. The van der Waals surface area contributed by atoms with Crippen LogP contribution in [0.4, 0.5) is 0 Å². The van der Waals surface area contributed by atoms with E-state index in [-0.39, 0.29) is 5.91 Å². The summed E-state index contributed by atoms with van der Waals surface area (Å²) in [6, 6.07) is 15.4. The SMILES string of the molecule is COCCCNC(=O)c1ccc(Cn2c(Cl)nc3ccccc32)cc1. The van der Waals surface area contributed by atoms with Crippen LogP contribution in [0.15, 0.2) is 48.5 Å². The van der Waals surface area contributed by atoms with Crippen LogP contribution in [0, 0.1) is 0 Å². The maximum atomic E-state index is 12.1. The minimum atomic E-state index is -0.0752. The number of benzene rings is 2. The van der Waals surface area contributed by atoms with Gasteiger partial charge in [0.15, 0.2) is 0 Å². The lowest BCUT2D eigenvalue weighted by molar-refractivity contribution is 0.0948. The molecule has 0 aliphatic heterocycles. The third kappa shape index (κ3) is 4.18. The van der Waals surface area contributed by atoms with Gasteiger partial charge in [-0.3, -0.25) is 4.79 Å². The fourth-order valence-corrected chi connectivity index (χ4v) is 2.90. The number of aromatic nitrogens is 2. The molecule has 130 valence electrons. The summed E-state index contributed by atoms with van der Waals surface area (Å²) in [7, 11) is 1.65. The fourth-order valence-electron chi connectivity index (χ4n) is 2.66. The highest BCUT2D eigenvalue weighted by Crippen LogP contribution is 2.21. The van der Waals surface area contributed by atoms with Crippen molar-refractivity contribution in [2.75, 3.05) is 20.3 Å².